The molecular weight excluding hydrogens is 264 g/mol. The van der Waals surface area contributed by atoms with E-state index in [0.717, 1.165) is 36.7 Å². The van der Waals surface area contributed by atoms with Crippen LogP contribution >= 0.6 is 0 Å². The second kappa shape index (κ2) is 5.30. The maximum atomic E-state index is 12.3. The second-order valence-corrected chi connectivity index (χ2v) is 6.40. The average molecular weight is 286 g/mol. The van der Waals surface area contributed by atoms with Crippen LogP contribution in [0.15, 0.2) is 23.1 Å². The molecule has 0 radical (unpaired) electrons. The Balaban J connectivity index is 1.59. The number of fused-ring (bicyclic) bond motifs is 1. The number of H-pyrrole nitrogens is 1. The van der Waals surface area contributed by atoms with Gasteiger partial charge >= 0.3 is 5.69 Å². The van der Waals surface area contributed by atoms with Gasteiger partial charge in [0.15, 0.2) is 5.65 Å². The summed E-state index contributed by atoms with van der Waals surface area (Å²) in [6.45, 7) is 2.11. The number of likely N-dealkylation sites (tertiary alicyclic amines) is 1. The number of pyridine rings is 1. The quantitative estimate of drug-likeness (QED) is 0.921. The van der Waals surface area contributed by atoms with Gasteiger partial charge in [-0.15, -0.1) is 0 Å². The molecule has 1 N–H and O–H groups in total. The van der Waals surface area contributed by atoms with Gasteiger partial charge in [-0.1, -0.05) is 19.3 Å². The molecule has 0 amide bonds. The zero-order valence-corrected chi connectivity index (χ0v) is 12.3. The van der Waals surface area contributed by atoms with Gasteiger partial charge in [-0.05, 0) is 31.4 Å². The monoisotopic (exact) mass is 286 g/mol. The molecule has 0 bridgehead atoms. The lowest BCUT2D eigenvalue weighted by Gasteiger charge is -2.31. The summed E-state index contributed by atoms with van der Waals surface area (Å²) in [4.78, 5) is 22.2. The molecule has 112 valence electrons. The molecule has 0 unspecified atom stereocenters. The van der Waals surface area contributed by atoms with Crippen LogP contribution < -0.4 is 5.69 Å². The average Bonchev–Trinajstić information content (AvgIpc) is 3.11. The fraction of sp³-hybridized carbons (Fsp3) is 0.625. The lowest BCUT2D eigenvalue weighted by atomic mass is 9.94. The van der Waals surface area contributed by atoms with Crippen LogP contribution in [0.2, 0.25) is 0 Å². The predicted molar refractivity (Wildman–Crippen MR) is 82.5 cm³/mol. The molecule has 0 spiro atoms. The molecular formula is C16H22N4O. The van der Waals surface area contributed by atoms with Gasteiger partial charge in [-0.2, -0.15) is 0 Å². The van der Waals surface area contributed by atoms with Crippen LogP contribution in [0.1, 0.15) is 44.6 Å². The van der Waals surface area contributed by atoms with E-state index in [4.69, 9.17) is 0 Å². The molecule has 1 atom stereocenters. The SMILES string of the molecule is O=c1[nH]c2cccnc2n1[C@@H]1CCN(C2CCCCC2)C1. The van der Waals surface area contributed by atoms with Gasteiger partial charge in [0.05, 0.1) is 11.6 Å². The summed E-state index contributed by atoms with van der Waals surface area (Å²) in [7, 11) is 0. The molecule has 1 saturated heterocycles. The summed E-state index contributed by atoms with van der Waals surface area (Å²) < 4.78 is 1.87. The highest BCUT2D eigenvalue weighted by Crippen LogP contribution is 2.30. The normalized spacial score (nSPS) is 24.9. The molecule has 4 rings (SSSR count). The van der Waals surface area contributed by atoms with Crippen LogP contribution in [-0.2, 0) is 0 Å². The molecule has 2 aliphatic rings. The molecule has 1 saturated carbocycles. The fourth-order valence-electron chi connectivity index (χ4n) is 4.05. The minimum absolute atomic E-state index is 0.0146. The summed E-state index contributed by atoms with van der Waals surface area (Å²) in [5, 5.41) is 0. The van der Waals surface area contributed by atoms with Crippen LogP contribution in [0.3, 0.4) is 0 Å². The fourth-order valence-corrected chi connectivity index (χ4v) is 4.05. The Hall–Kier alpha value is -1.62. The molecule has 5 nitrogen and oxygen atoms in total. The minimum atomic E-state index is -0.0146. The largest absolute Gasteiger partial charge is 0.327 e. The van der Waals surface area contributed by atoms with E-state index in [9.17, 15) is 4.79 Å². The van der Waals surface area contributed by atoms with Crippen molar-refractivity contribution in [2.75, 3.05) is 13.1 Å². The standard InChI is InChI=1S/C16H22N4O/c21-16-18-14-7-4-9-17-15(14)20(16)13-8-10-19(11-13)12-5-2-1-3-6-12/h4,7,9,12-13H,1-3,5-6,8,10-11H2,(H,18,21)/t13-/m1/s1. The minimum Gasteiger partial charge on any atom is -0.304 e. The van der Waals surface area contributed by atoms with E-state index in [2.05, 4.69) is 14.9 Å². The number of aromatic nitrogens is 3. The number of aromatic amines is 1. The van der Waals surface area contributed by atoms with Crippen molar-refractivity contribution >= 4 is 11.2 Å². The second-order valence-electron chi connectivity index (χ2n) is 6.40. The number of nitrogens with zero attached hydrogens (tertiary/aromatic N) is 3. The molecule has 5 heteroatoms. The smallest absolute Gasteiger partial charge is 0.304 e. The van der Waals surface area contributed by atoms with Crippen molar-refractivity contribution in [3.05, 3.63) is 28.8 Å². The van der Waals surface area contributed by atoms with Crippen LogP contribution in [0.4, 0.5) is 0 Å². The van der Waals surface area contributed by atoms with Crippen molar-refractivity contribution < 1.29 is 0 Å². The Morgan fingerprint density at radius 1 is 1.14 bits per heavy atom. The predicted octanol–water partition coefficient (Wildman–Crippen LogP) is 2.30. The zero-order valence-electron chi connectivity index (χ0n) is 12.3. The van der Waals surface area contributed by atoms with Gasteiger partial charge in [0.1, 0.15) is 0 Å². The lowest BCUT2D eigenvalue weighted by molar-refractivity contribution is 0.185. The summed E-state index contributed by atoms with van der Waals surface area (Å²) in [6, 6.07) is 4.79. The molecule has 1 aliphatic heterocycles. The summed E-state index contributed by atoms with van der Waals surface area (Å²) in [6.07, 6.45) is 9.59. The van der Waals surface area contributed by atoms with Crippen LogP contribution in [0, 0.1) is 0 Å². The zero-order chi connectivity index (χ0) is 14.2. The lowest BCUT2D eigenvalue weighted by Crippen LogP contribution is -2.35. The summed E-state index contributed by atoms with van der Waals surface area (Å²) in [5.41, 5.74) is 1.64. The van der Waals surface area contributed by atoms with Crippen LogP contribution in [0.25, 0.3) is 11.2 Å². The van der Waals surface area contributed by atoms with Crippen LogP contribution in [0.5, 0.6) is 0 Å². The van der Waals surface area contributed by atoms with Gasteiger partial charge in [0.2, 0.25) is 0 Å². The summed E-state index contributed by atoms with van der Waals surface area (Å²) >= 11 is 0. The van der Waals surface area contributed by atoms with E-state index in [1.165, 1.54) is 32.1 Å². The first-order valence-corrected chi connectivity index (χ1v) is 8.12. The van der Waals surface area contributed by atoms with Gasteiger partial charge < -0.3 is 4.98 Å². The number of imidazole rings is 1. The van der Waals surface area contributed by atoms with Crippen molar-refractivity contribution in [2.45, 2.75) is 50.6 Å². The number of nitrogens with one attached hydrogen (secondary N) is 1. The third-order valence-corrected chi connectivity index (χ3v) is 5.13. The van der Waals surface area contributed by atoms with Crippen molar-refractivity contribution in [1.82, 2.24) is 19.4 Å². The van der Waals surface area contributed by atoms with Gasteiger partial charge in [0, 0.05) is 25.3 Å². The highest BCUT2D eigenvalue weighted by atomic mass is 16.1. The molecule has 2 fully saturated rings. The topological polar surface area (TPSA) is 53.9 Å². The maximum Gasteiger partial charge on any atom is 0.327 e. The molecule has 3 heterocycles. The summed E-state index contributed by atoms with van der Waals surface area (Å²) in [5.74, 6) is 0. The Morgan fingerprint density at radius 2 is 2.00 bits per heavy atom. The maximum absolute atomic E-state index is 12.3. The molecule has 21 heavy (non-hydrogen) atoms. The first-order chi connectivity index (χ1) is 10.3. The number of rotatable bonds is 2. The van der Waals surface area contributed by atoms with E-state index < -0.39 is 0 Å². The number of hydrogen-bond donors (Lipinski definition) is 1. The van der Waals surface area contributed by atoms with Crippen molar-refractivity contribution in [3.8, 4) is 0 Å². The van der Waals surface area contributed by atoms with E-state index in [0.29, 0.717) is 0 Å². The Morgan fingerprint density at radius 3 is 2.86 bits per heavy atom. The van der Waals surface area contributed by atoms with E-state index in [1.807, 2.05) is 16.7 Å². The van der Waals surface area contributed by atoms with Gasteiger partial charge in [-0.3, -0.25) is 9.47 Å². The molecule has 0 aromatic carbocycles. The highest BCUT2D eigenvalue weighted by Gasteiger charge is 2.31. The van der Waals surface area contributed by atoms with Crippen molar-refractivity contribution in [2.24, 2.45) is 0 Å². The van der Waals surface area contributed by atoms with E-state index in [-0.39, 0.29) is 11.7 Å². The first kappa shape index (κ1) is 13.1. The van der Waals surface area contributed by atoms with E-state index >= 15 is 0 Å². The van der Waals surface area contributed by atoms with Gasteiger partial charge in [0.25, 0.3) is 0 Å². The Labute approximate surface area is 124 Å². The third-order valence-electron chi connectivity index (χ3n) is 5.13. The van der Waals surface area contributed by atoms with Crippen molar-refractivity contribution in [1.29, 1.82) is 0 Å². The molecule has 1 aliphatic carbocycles. The highest BCUT2D eigenvalue weighted by molar-refractivity contribution is 5.70. The third kappa shape index (κ3) is 2.29. The number of hydrogen-bond acceptors (Lipinski definition) is 3. The van der Waals surface area contributed by atoms with Crippen molar-refractivity contribution in [3.63, 3.8) is 0 Å². The Kier molecular flexibility index (Phi) is 3.30. The first-order valence-electron chi connectivity index (χ1n) is 8.12. The molecule has 2 aromatic heterocycles. The van der Waals surface area contributed by atoms with E-state index in [1.54, 1.807) is 6.20 Å². The Bertz CT molecular complexity index is 683. The van der Waals surface area contributed by atoms with Gasteiger partial charge in [-0.25, -0.2) is 9.78 Å². The van der Waals surface area contributed by atoms with Crippen LogP contribution in [-0.4, -0.2) is 38.6 Å². The molecule has 2 aromatic rings.